The third kappa shape index (κ3) is 3.35. The van der Waals surface area contributed by atoms with Crippen LogP contribution in [0.1, 0.15) is 11.3 Å². The van der Waals surface area contributed by atoms with Crippen molar-refractivity contribution in [1.82, 2.24) is 9.71 Å². The molecule has 0 unspecified atom stereocenters. The van der Waals surface area contributed by atoms with Crippen molar-refractivity contribution in [3.63, 3.8) is 0 Å². The monoisotopic (exact) mass is 328 g/mol. The number of aryl methyl sites for hydroxylation is 1. The predicted octanol–water partition coefficient (Wildman–Crippen LogP) is 1.42. The number of anilines is 1. The lowest BCUT2D eigenvalue weighted by Gasteiger charge is -2.06. The van der Waals surface area contributed by atoms with E-state index in [0.29, 0.717) is 5.69 Å². The summed E-state index contributed by atoms with van der Waals surface area (Å²) in [6.07, 6.45) is 0. The molecule has 0 radical (unpaired) electrons. The molecule has 0 atom stereocenters. The van der Waals surface area contributed by atoms with Crippen molar-refractivity contribution in [2.24, 2.45) is 0 Å². The highest BCUT2D eigenvalue weighted by molar-refractivity contribution is 7.91. The maximum atomic E-state index is 12.2. The SMILES string of the molecule is Cc1nc(N)sc1S(=O)(=O)NCc1ccccc1[N+](=O)[O-]. The summed E-state index contributed by atoms with van der Waals surface area (Å²) < 4.78 is 26.6. The van der Waals surface area contributed by atoms with E-state index in [1.165, 1.54) is 25.1 Å². The lowest BCUT2D eigenvalue weighted by atomic mass is 10.2. The summed E-state index contributed by atoms with van der Waals surface area (Å²) in [5.74, 6) is 0. The van der Waals surface area contributed by atoms with Crippen LogP contribution in [0, 0.1) is 17.0 Å². The molecule has 1 heterocycles. The molecule has 0 amide bonds. The normalized spacial score (nSPS) is 11.5. The summed E-state index contributed by atoms with van der Waals surface area (Å²) in [5.41, 5.74) is 5.91. The molecule has 1 aromatic heterocycles. The molecule has 0 spiro atoms. The van der Waals surface area contributed by atoms with Gasteiger partial charge in [0.15, 0.2) is 9.34 Å². The highest BCUT2D eigenvalue weighted by atomic mass is 32.2. The molecule has 3 N–H and O–H groups in total. The average Bonchev–Trinajstić information content (AvgIpc) is 2.76. The molecule has 0 fully saturated rings. The minimum Gasteiger partial charge on any atom is -0.375 e. The lowest BCUT2D eigenvalue weighted by molar-refractivity contribution is -0.385. The molecule has 1 aromatic carbocycles. The number of nitro benzene ring substituents is 1. The van der Waals surface area contributed by atoms with Gasteiger partial charge < -0.3 is 5.73 Å². The fourth-order valence-electron chi connectivity index (χ4n) is 1.73. The maximum Gasteiger partial charge on any atom is 0.273 e. The van der Waals surface area contributed by atoms with Gasteiger partial charge in [-0.05, 0) is 6.92 Å². The number of nitro groups is 1. The van der Waals surface area contributed by atoms with Gasteiger partial charge >= 0.3 is 0 Å². The number of hydrogen-bond acceptors (Lipinski definition) is 7. The van der Waals surface area contributed by atoms with Crippen LogP contribution in [-0.2, 0) is 16.6 Å². The Bertz CT molecular complexity index is 785. The van der Waals surface area contributed by atoms with Gasteiger partial charge in [0.1, 0.15) is 0 Å². The highest BCUT2D eigenvalue weighted by Crippen LogP contribution is 2.25. The molecule has 0 aliphatic carbocycles. The number of nitrogen functional groups attached to an aromatic ring is 1. The van der Waals surface area contributed by atoms with Crippen molar-refractivity contribution in [3.8, 4) is 0 Å². The van der Waals surface area contributed by atoms with Gasteiger partial charge in [-0.3, -0.25) is 10.1 Å². The van der Waals surface area contributed by atoms with E-state index in [1.54, 1.807) is 6.07 Å². The van der Waals surface area contributed by atoms with E-state index in [9.17, 15) is 18.5 Å². The number of sulfonamides is 1. The quantitative estimate of drug-likeness (QED) is 0.631. The Balaban J connectivity index is 2.24. The number of aromatic nitrogens is 1. The fourth-order valence-corrected chi connectivity index (χ4v) is 4.08. The molecule has 2 rings (SSSR count). The molecule has 112 valence electrons. The summed E-state index contributed by atoms with van der Waals surface area (Å²) in [6.45, 7) is 1.35. The molecule has 0 aliphatic rings. The van der Waals surface area contributed by atoms with E-state index in [4.69, 9.17) is 5.73 Å². The van der Waals surface area contributed by atoms with Gasteiger partial charge in [-0.15, -0.1) is 0 Å². The summed E-state index contributed by atoms with van der Waals surface area (Å²) in [5, 5.41) is 11.0. The van der Waals surface area contributed by atoms with Crippen LogP contribution in [0.25, 0.3) is 0 Å². The zero-order chi connectivity index (χ0) is 15.6. The van der Waals surface area contributed by atoms with E-state index in [2.05, 4.69) is 9.71 Å². The number of hydrogen-bond donors (Lipinski definition) is 2. The van der Waals surface area contributed by atoms with Crippen molar-refractivity contribution >= 4 is 32.2 Å². The van der Waals surface area contributed by atoms with E-state index in [-0.39, 0.29) is 27.1 Å². The lowest BCUT2D eigenvalue weighted by Crippen LogP contribution is -2.23. The van der Waals surface area contributed by atoms with Gasteiger partial charge in [-0.25, -0.2) is 18.1 Å². The minimum absolute atomic E-state index is 0.0126. The summed E-state index contributed by atoms with van der Waals surface area (Å²) >= 11 is 0.849. The first-order chi connectivity index (χ1) is 9.81. The second-order valence-electron chi connectivity index (χ2n) is 4.14. The minimum atomic E-state index is -3.81. The van der Waals surface area contributed by atoms with Crippen molar-refractivity contribution < 1.29 is 13.3 Å². The van der Waals surface area contributed by atoms with Crippen molar-refractivity contribution in [2.45, 2.75) is 17.7 Å². The number of para-hydroxylation sites is 1. The Kier molecular flexibility index (Phi) is 4.21. The molecule has 0 saturated carbocycles. The van der Waals surface area contributed by atoms with E-state index >= 15 is 0 Å². The van der Waals surface area contributed by atoms with Crippen LogP contribution in [0.3, 0.4) is 0 Å². The topological polar surface area (TPSA) is 128 Å². The predicted molar refractivity (Wildman–Crippen MR) is 78.4 cm³/mol. The largest absolute Gasteiger partial charge is 0.375 e. The van der Waals surface area contributed by atoms with Crippen molar-refractivity contribution in [3.05, 3.63) is 45.6 Å². The molecule has 8 nitrogen and oxygen atoms in total. The number of rotatable bonds is 5. The Morgan fingerprint density at radius 2 is 2.10 bits per heavy atom. The summed E-state index contributed by atoms with van der Waals surface area (Å²) in [6, 6.07) is 5.94. The van der Waals surface area contributed by atoms with Crippen molar-refractivity contribution in [1.29, 1.82) is 0 Å². The molecular weight excluding hydrogens is 316 g/mol. The van der Waals surface area contributed by atoms with Gasteiger partial charge in [-0.1, -0.05) is 29.5 Å². The first kappa shape index (κ1) is 15.4. The Labute approximate surface area is 124 Å². The first-order valence-electron chi connectivity index (χ1n) is 5.76. The summed E-state index contributed by atoms with van der Waals surface area (Å²) in [4.78, 5) is 14.2. The van der Waals surface area contributed by atoms with E-state index in [0.717, 1.165) is 11.3 Å². The zero-order valence-electron chi connectivity index (χ0n) is 10.9. The van der Waals surface area contributed by atoms with E-state index < -0.39 is 14.9 Å². The highest BCUT2D eigenvalue weighted by Gasteiger charge is 2.22. The van der Waals surface area contributed by atoms with Crippen LogP contribution in [-0.4, -0.2) is 18.3 Å². The number of benzene rings is 1. The van der Waals surface area contributed by atoms with Gasteiger partial charge in [0, 0.05) is 18.2 Å². The van der Waals surface area contributed by atoms with Crippen LogP contribution in [0.5, 0.6) is 0 Å². The third-order valence-corrected chi connectivity index (χ3v) is 5.65. The second kappa shape index (κ2) is 5.76. The standard InChI is InChI=1S/C11H12N4O4S2/c1-7-10(20-11(12)14-7)21(18,19)13-6-8-4-2-3-5-9(8)15(16)17/h2-5,13H,6H2,1H3,(H2,12,14). The van der Waals surface area contributed by atoms with Gasteiger partial charge in [0.2, 0.25) is 0 Å². The maximum absolute atomic E-state index is 12.2. The third-order valence-electron chi connectivity index (χ3n) is 2.66. The Morgan fingerprint density at radius 1 is 1.43 bits per heavy atom. The van der Waals surface area contributed by atoms with Crippen LogP contribution in [0.2, 0.25) is 0 Å². The first-order valence-corrected chi connectivity index (χ1v) is 8.06. The molecule has 10 heteroatoms. The molecule has 0 saturated heterocycles. The second-order valence-corrected chi connectivity index (χ2v) is 7.13. The number of nitrogens with two attached hydrogens (primary N) is 1. The van der Waals surface area contributed by atoms with Crippen molar-refractivity contribution in [2.75, 3.05) is 5.73 Å². The van der Waals surface area contributed by atoms with E-state index in [1.807, 2.05) is 0 Å². The molecular formula is C11H12N4O4S2. The fraction of sp³-hybridized carbons (Fsp3) is 0.182. The Morgan fingerprint density at radius 3 is 2.67 bits per heavy atom. The molecule has 0 bridgehead atoms. The summed E-state index contributed by atoms with van der Waals surface area (Å²) in [7, 11) is -3.81. The Hall–Kier alpha value is -2.04. The molecule has 21 heavy (non-hydrogen) atoms. The zero-order valence-corrected chi connectivity index (χ0v) is 12.6. The van der Waals surface area contributed by atoms with Gasteiger partial charge in [-0.2, -0.15) is 0 Å². The van der Waals surface area contributed by atoms with Gasteiger partial charge in [0.25, 0.3) is 15.7 Å². The van der Waals surface area contributed by atoms with Crippen LogP contribution >= 0.6 is 11.3 Å². The van der Waals surface area contributed by atoms with Crippen LogP contribution in [0.15, 0.2) is 28.5 Å². The van der Waals surface area contributed by atoms with Gasteiger partial charge in [0.05, 0.1) is 10.6 Å². The number of nitrogens with one attached hydrogen (secondary N) is 1. The number of nitrogens with zero attached hydrogens (tertiary/aromatic N) is 2. The smallest absolute Gasteiger partial charge is 0.273 e. The molecule has 0 aliphatic heterocycles. The number of thiazole rings is 1. The van der Waals surface area contributed by atoms with Crippen LogP contribution in [0.4, 0.5) is 10.8 Å². The van der Waals surface area contributed by atoms with Crippen LogP contribution < -0.4 is 10.5 Å². The molecule has 2 aromatic rings. The average molecular weight is 328 g/mol.